The van der Waals surface area contributed by atoms with Crippen LogP contribution < -0.4 is 5.32 Å². The SMILES string of the molecule is CCNC(=NCCCOC1CCOCC1)N1CCN(C(=O)C2CCCO2)CC1. The molecule has 0 spiro atoms. The number of rotatable bonds is 7. The second-order valence-electron chi connectivity index (χ2n) is 7.59. The first-order chi connectivity index (χ1) is 13.8. The molecule has 3 saturated heterocycles. The Morgan fingerprint density at radius 2 is 1.86 bits per heavy atom. The monoisotopic (exact) mass is 396 g/mol. The Morgan fingerprint density at radius 3 is 2.54 bits per heavy atom. The molecule has 1 N–H and O–H groups in total. The Labute approximate surface area is 168 Å². The highest BCUT2D eigenvalue weighted by atomic mass is 16.5. The van der Waals surface area contributed by atoms with E-state index in [1.54, 1.807) is 0 Å². The van der Waals surface area contributed by atoms with Crippen molar-refractivity contribution in [3.63, 3.8) is 0 Å². The van der Waals surface area contributed by atoms with Crippen LogP contribution in [0.3, 0.4) is 0 Å². The van der Waals surface area contributed by atoms with Gasteiger partial charge in [0.1, 0.15) is 6.10 Å². The molecule has 0 aromatic heterocycles. The van der Waals surface area contributed by atoms with E-state index in [9.17, 15) is 4.79 Å². The smallest absolute Gasteiger partial charge is 0.251 e. The number of guanidine groups is 1. The normalized spacial score (nSPS) is 24.6. The lowest BCUT2D eigenvalue weighted by Gasteiger charge is -2.37. The van der Waals surface area contributed by atoms with Crippen LogP contribution in [0.5, 0.6) is 0 Å². The van der Waals surface area contributed by atoms with Crippen molar-refractivity contribution in [2.24, 2.45) is 4.99 Å². The van der Waals surface area contributed by atoms with E-state index in [2.05, 4.69) is 17.1 Å². The van der Waals surface area contributed by atoms with Gasteiger partial charge < -0.3 is 29.3 Å². The molecule has 3 heterocycles. The van der Waals surface area contributed by atoms with E-state index in [1.807, 2.05) is 4.90 Å². The summed E-state index contributed by atoms with van der Waals surface area (Å²) in [6.07, 6.45) is 4.90. The highest BCUT2D eigenvalue weighted by Crippen LogP contribution is 2.16. The van der Waals surface area contributed by atoms with Crippen LogP contribution in [-0.2, 0) is 19.0 Å². The lowest BCUT2D eigenvalue weighted by Crippen LogP contribution is -2.55. The number of piperazine rings is 1. The standard InChI is InChI=1S/C20H36N4O4/c1-2-21-20(22-8-4-14-27-17-6-15-26-16-7-17)24-11-9-23(10-12-24)19(25)18-5-3-13-28-18/h17-18H,2-16H2,1H3,(H,21,22). The fourth-order valence-electron chi connectivity index (χ4n) is 3.88. The molecule has 8 heteroatoms. The number of hydrogen-bond donors (Lipinski definition) is 1. The summed E-state index contributed by atoms with van der Waals surface area (Å²) in [4.78, 5) is 21.5. The summed E-state index contributed by atoms with van der Waals surface area (Å²) in [5, 5.41) is 3.38. The Bertz CT molecular complexity index is 496. The highest BCUT2D eigenvalue weighted by molar-refractivity contribution is 5.82. The van der Waals surface area contributed by atoms with E-state index in [4.69, 9.17) is 19.2 Å². The molecule has 8 nitrogen and oxygen atoms in total. The van der Waals surface area contributed by atoms with Crippen LogP contribution >= 0.6 is 0 Å². The summed E-state index contributed by atoms with van der Waals surface area (Å²) in [6, 6.07) is 0. The van der Waals surface area contributed by atoms with Gasteiger partial charge in [-0.1, -0.05) is 0 Å². The van der Waals surface area contributed by atoms with E-state index in [-0.39, 0.29) is 12.0 Å². The average Bonchev–Trinajstić information content (AvgIpc) is 3.28. The minimum Gasteiger partial charge on any atom is -0.381 e. The molecule has 0 aromatic carbocycles. The highest BCUT2D eigenvalue weighted by Gasteiger charge is 2.30. The Kier molecular flexibility index (Phi) is 8.82. The molecular weight excluding hydrogens is 360 g/mol. The van der Waals surface area contributed by atoms with Gasteiger partial charge in [0, 0.05) is 65.7 Å². The number of nitrogens with one attached hydrogen (secondary N) is 1. The molecule has 3 rings (SSSR count). The quantitative estimate of drug-likeness (QED) is 0.391. The second kappa shape index (κ2) is 11.6. The van der Waals surface area contributed by atoms with Gasteiger partial charge in [-0.15, -0.1) is 0 Å². The average molecular weight is 397 g/mol. The molecule has 28 heavy (non-hydrogen) atoms. The molecule has 0 bridgehead atoms. The lowest BCUT2D eigenvalue weighted by molar-refractivity contribution is -0.142. The molecule has 0 aromatic rings. The number of nitrogens with zero attached hydrogens (tertiary/aromatic N) is 3. The van der Waals surface area contributed by atoms with E-state index in [0.29, 0.717) is 12.7 Å². The van der Waals surface area contributed by atoms with Gasteiger partial charge in [0.15, 0.2) is 5.96 Å². The Morgan fingerprint density at radius 1 is 1.11 bits per heavy atom. The van der Waals surface area contributed by atoms with E-state index < -0.39 is 0 Å². The van der Waals surface area contributed by atoms with Crippen molar-refractivity contribution in [2.75, 3.05) is 65.7 Å². The fraction of sp³-hybridized carbons (Fsp3) is 0.900. The molecule has 160 valence electrons. The van der Waals surface area contributed by atoms with Crippen LogP contribution in [-0.4, -0.2) is 99.6 Å². The molecule has 0 radical (unpaired) electrons. The minimum atomic E-state index is -0.218. The first-order valence-electron chi connectivity index (χ1n) is 10.9. The lowest BCUT2D eigenvalue weighted by atomic mass is 10.1. The third-order valence-corrected chi connectivity index (χ3v) is 5.52. The van der Waals surface area contributed by atoms with E-state index >= 15 is 0 Å². The summed E-state index contributed by atoms with van der Waals surface area (Å²) in [5.74, 6) is 1.10. The van der Waals surface area contributed by atoms with Gasteiger partial charge in [0.05, 0.1) is 6.10 Å². The molecule has 3 fully saturated rings. The third kappa shape index (κ3) is 6.32. The van der Waals surface area contributed by atoms with Gasteiger partial charge in [-0.05, 0) is 39.0 Å². The predicted octanol–water partition coefficient (Wildman–Crippen LogP) is 0.861. The molecule has 0 aliphatic carbocycles. The van der Waals surface area contributed by atoms with Crippen molar-refractivity contribution >= 4 is 11.9 Å². The predicted molar refractivity (Wildman–Crippen MR) is 108 cm³/mol. The molecule has 3 aliphatic rings. The van der Waals surface area contributed by atoms with Gasteiger partial charge >= 0.3 is 0 Å². The van der Waals surface area contributed by atoms with Crippen LogP contribution in [0.2, 0.25) is 0 Å². The summed E-state index contributed by atoms with van der Waals surface area (Å²) in [7, 11) is 0. The van der Waals surface area contributed by atoms with Crippen LogP contribution in [0.4, 0.5) is 0 Å². The van der Waals surface area contributed by atoms with Crippen molar-refractivity contribution < 1.29 is 19.0 Å². The molecule has 1 amide bonds. The number of aliphatic imine (C=N–C) groups is 1. The summed E-state index contributed by atoms with van der Waals surface area (Å²) >= 11 is 0. The van der Waals surface area contributed by atoms with Crippen molar-refractivity contribution in [3.05, 3.63) is 0 Å². The van der Waals surface area contributed by atoms with Gasteiger partial charge in [-0.3, -0.25) is 9.79 Å². The largest absolute Gasteiger partial charge is 0.381 e. The van der Waals surface area contributed by atoms with Crippen molar-refractivity contribution in [2.45, 2.75) is 51.2 Å². The van der Waals surface area contributed by atoms with Crippen LogP contribution in [0.1, 0.15) is 39.0 Å². The van der Waals surface area contributed by atoms with Crippen molar-refractivity contribution in [1.29, 1.82) is 0 Å². The van der Waals surface area contributed by atoms with Gasteiger partial charge in [0.25, 0.3) is 5.91 Å². The number of amides is 1. The third-order valence-electron chi connectivity index (χ3n) is 5.52. The Balaban J connectivity index is 1.38. The summed E-state index contributed by atoms with van der Waals surface area (Å²) < 4.78 is 16.8. The van der Waals surface area contributed by atoms with Gasteiger partial charge in [-0.25, -0.2) is 0 Å². The van der Waals surface area contributed by atoms with Crippen molar-refractivity contribution in [1.82, 2.24) is 15.1 Å². The zero-order valence-corrected chi connectivity index (χ0v) is 17.2. The maximum absolute atomic E-state index is 12.5. The fourth-order valence-corrected chi connectivity index (χ4v) is 3.88. The maximum atomic E-state index is 12.5. The summed E-state index contributed by atoms with van der Waals surface area (Å²) in [5.41, 5.74) is 0. The molecule has 1 unspecified atom stereocenters. The topological polar surface area (TPSA) is 75.6 Å². The van der Waals surface area contributed by atoms with E-state index in [0.717, 1.165) is 97.2 Å². The number of carbonyl (C=O) groups is 1. The van der Waals surface area contributed by atoms with Crippen molar-refractivity contribution in [3.8, 4) is 0 Å². The maximum Gasteiger partial charge on any atom is 0.251 e. The van der Waals surface area contributed by atoms with E-state index in [1.165, 1.54) is 0 Å². The van der Waals surface area contributed by atoms with Gasteiger partial charge in [0.2, 0.25) is 0 Å². The van der Waals surface area contributed by atoms with Gasteiger partial charge in [-0.2, -0.15) is 0 Å². The number of carbonyl (C=O) groups excluding carboxylic acids is 1. The molecule has 1 atom stereocenters. The minimum absolute atomic E-state index is 0.157. The Hall–Kier alpha value is -1.38. The second-order valence-corrected chi connectivity index (χ2v) is 7.59. The molecular formula is C20H36N4O4. The first kappa shape index (κ1) is 21.3. The zero-order valence-electron chi connectivity index (χ0n) is 17.2. The van der Waals surface area contributed by atoms with Crippen LogP contribution in [0, 0.1) is 0 Å². The molecule has 0 saturated carbocycles. The summed E-state index contributed by atoms with van der Waals surface area (Å²) in [6.45, 7) is 9.85. The number of hydrogen-bond acceptors (Lipinski definition) is 5. The van der Waals surface area contributed by atoms with Crippen LogP contribution in [0.25, 0.3) is 0 Å². The first-order valence-corrected chi connectivity index (χ1v) is 10.9. The number of ether oxygens (including phenoxy) is 3. The zero-order chi connectivity index (χ0) is 19.6. The molecule has 3 aliphatic heterocycles. The van der Waals surface area contributed by atoms with Crippen LogP contribution in [0.15, 0.2) is 4.99 Å².